The second-order valence-corrected chi connectivity index (χ2v) is 5.40. The Morgan fingerprint density at radius 1 is 1.55 bits per heavy atom. The highest BCUT2D eigenvalue weighted by Crippen LogP contribution is 2.34. The van der Waals surface area contributed by atoms with Crippen molar-refractivity contribution in [3.8, 4) is 0 Å². The number of carboxylic acid groups (broad SMARTS) is 1. The van der Waals surface area contributed by atoms with Crippen LogP contribution in [0.15, 0.2) is 29.3 Å². The molecule has 9 heteroatoms. The van der Waals surface area contributed by atoms with E-state index in [0.717, 1.165) is 0 Å². The maximum Gasteiger partial charge on any atom is 0.311 e. The number of nitrogens with zero attached hydrogens (tertiary/aromatic N) is 2. The molecule has 1 heterocycles. The molecule has 1 aliphatic rings. The van der Waals surface area contributed by atoms with Crippen LogP contribution in [0.4, 0.5) is 5.69 Å². The number of carbonyl (C=O) groups excluding carboxylic acids is 1. The number of aliphatic imine (C=N–C) groups is 1. The van der Waals surface area contributed by atoms with Gasteiger partial charge in [-0.1, -0.05) is 23.9 Å². The van der Waals surface area contributed by atoms with Crippen LogP contribution in [-0.2, 0) is 9.59 Å². The van der Waals surface area contributed by atoms with Crippen molar-refractivity contribution in [3.05, 3.63) is 39.9 Å². The van der Waals surface area contributed by atoms with Crippen LogP contribution < -0.4 is 5.32 Å². The van der Waals surface area contributed by atoms with Crippen molar-refractivity contribution in [1.29, 1.82) is 0 Å². The molecule has 22 heavy (non-hydrogen) atoms. The molecule has 0 aliphatic carbocycles. The van der Waals surface area contributed by atoms with E-state index in [0.29, 0.717) is 17.0 Å². The molecule has 0 radical (unpaired) electrons. The van der Waals surface area contributed by atoms with Gasteiger partial charge in [0.2, 0.25) is 0 Å². The van der Waals surface area contributed by atoms with Gasteiger partial charge in [0, 0.05) is 12.1 Å². The van der Waals surface area contributed by atoms with Gasteiger partial charge >= 0.3 is 5.97 Å². The lowest BCUT2D eigenvalue weighted by molar-refractivity contribution is -0.384. The Labute approximate surface area is 129 Å². The van der Waals surface area contributed by atoms with Crippen LogP contribution in [0.3, 0.4) is 0 Å². The van der Waals surface area contributed by atoms with Gasteiger partial charge in [0.1, 0.15) is 12.2 Å². The summed E-state index contributed by atoms with van der Waals surface area (Å²) in [5.41, 5.74) is 0.241. The van der Waals surface area contributed by atoms with Gasteiger partial charge in [-0.3, -0.25) is 19.9 Å². The van der Waals surface area contributed by atoms with Gasteiger partial charge in [-0.25, -0.2) is 0 Å². The zero-order valence-electron chi connectivity index (χ0n) is 11.5. The maximum absolute atomic E-state index is 11.5. The molecule has 8 nitrogen and oxygen atoms in total. The summed E-state index contributed by atoms with van der Waals surface area (Å²) in [7, 11) is 0. The normalized spacial score (nSPS) is 24.0. The number of thioether (sulfide) groups is 1. The van der Waals surface area contributed by atoms with Crippen LogP contribution in [0.2, 0.25) is 0 Å². The summed E-state index contributed by atoms with van der Waals surface area (Å²) < 4.78 is 0. The van der Waals surface area contributed by atoms with Gasteiger partial charge < -0.3 is 15.2 Å². The number of carboxylic acids is 1. The number of nitrogens with one attached hydrogen (secondary N) is 1. The molecule has 1 aliphatic heterocycles. The Hall–Kier alpha value is -2.42. The molecule has 1 aromatic rings. The Kier molecular flexibility index (Phi) is 4.76. The quantitative estimate of drug-likeness (QED) is 0.485. The van der Waals surface area contributed by atoms with Gasteiger partial charge in [-0.2, -0.15) is 0 Å². The first-order valence-electron chi connectivity index (χ1n) is 6.28. The molecule has 0 aromatic heterocycles. The smallest absolute Gasteiger partial charge is 0.311 e. The standard InChI is InChI=1S/C13H13N3O5S/c1-22-13-14-9(6-17)10(12(18)19)11(15-13)7-3-2-4-8(5-7)16(20)21/h2-6,9-11H,1H3,(H,14,15)(H,18,19). The highest BCUT2D eigenvalue weighted by molar-refractivity contribution is 8.13. The van der Waals surface area contributed by atoms with Crippen molar-refractivity contribution in [2.24, 2.45) is 10.9 Å². The van der Waals surface area contributed by atoms with Crippen molar-refractivity contribution >= 4 is 34.9 Å². The SMILES string of the molecule is CSC1=NC(c2cccc([N+](=O)[O-])c2)C(C(=O)O)C(C=O)N1. The van der Waals surface area contributed by atoms with Crippen molar-refractivity contribution in [1.82, 2.24) is 5.32 Å². The number of aldehydes is 1. The molecular weight excluding hydrogens is 310 g/mol. The number of amidine groups is 1. The summed E-state index contributed by atoms with van der Waals surface area (Å²) in [6, 6.07) is 3.84. The van der Waals surface area contributed by atoms with Crippen molar-refractivity contribution in [2.75, 3.05) is 6.26 Å². The van der Waals surface area contributed by atoms with E-state index in [9.17, 15) is 24.8 Å². The lowest BCUT2D eigenvalue weighted by Crippen LogP contribution is -2.49. The number of aliphatic carboxylic acids is 1. The third-order valence-electron chi connectivity index (χ3n) is 3.32. The molecule has 0 fully saturated rings. The first-order valence-corrected chi connectivity index (χ1v) is 7.51. The molecule has 116 valence electrons. The van der Waals surface area contributed by atoms with Crippen LogP contribution in [0, 0.1) is 16.0 Å². The fourth-order valence-electron chi connectivity index (χ4n) is 2.30. The average Bonchev–Trinajstić information content (AvgIpc) is 2.53. The van der Waals surface area contributed by atoms with E-state index in [2.05, 4.69) is 10.3 Å². The Bertz CT molecular complexity index is 648. The zero-order valence-corrected chi connectivity index (χ0v) is 12.3. The van der Waals surface area contributed by atoms with E-state index in [1.54, 1.807) is 12.3 Å². The molecular formula is C13H13N3O5S. The minimum Gasteiger partial charge on any atom is -0.481 e. The third-order valence-corrected chi connectivity index (χ3v) is 3.93. The number of benzene rings is 1. The Morgan fingerprint density at radius 2 is 2.27 bits per heavy atom. The number of hydrogen-bond acceptors (Lipinski definition) is 7. The summed E-state index contributed by atoms with van der Waals surface area (Å²) in [5.74, 6) is -2.32. The maximum atomic E-state index is 11.5. The van der Waals surface area contributed by atoms with E-state index < -0.39 is 28.9 Å². The Morgan fingerprint density at radius 3 is 2.82 bits per heavy atom. The van der Waals surface area contributed by atoms with E-state index in [1.165, 1.54) is 30.0 Å². The fourth-order valence-corrected chi connectivity index (χ4v) is 2.77. The molecule has 1 aromatic carbocycles. The monoisotopic (exact) mass is 323 g/mol. The van der Waals surface area contributed by atoms with Crippen LogP contribution in [0.1, 0.15) is 11.6 Å². The van der Waals surface area contributed by atoms with Crippen molar-refractivity contribution in [3.63, 3.8) is 0 Å². The molecule has 0 saturated heterocycles. The van der Waals surface area contributed by atoms with Gasteiger partial charge in [-0.15, -0.1) is 0 Å². The summed E-state index contributed by atoms with van der Waals surface area (Å²) in [6.45, 7) is 0. The summed E-state index contributed by atoms with van der Waals surface area (Å²) >= 11 is 1.24. The molecule has 0 spiro atoms. The highest BCUT2D eigenvalue weighted by Gasteiger charge is 2.40. The zero-order chi connectivity index (χ0) is 16.3. The number of nitro groups is 1. The number of hydrogen-bond donors (Lipinski definition) is 2. The van der Waals surface area contributed by atoms with E-state index in [1.807, 2.05) is 0 Å². The van der Waals surface area contributed by atoms with E-state index >= 15 is 0 Å². The second kappa shape index (κ2) is 6.56. The molecule has 3 atom stereocenters. The summed E-state index contributed by atoms with van der Waals surface area (Å²) in [6.07, 6.45) is 2.26. The van der Waals surface area contributed by atoms with E-state index in [-0.39, 0.29) is 5.69 Å². The fraction of sp³-hybridized carbons (Fsp3) is 0.308. The predicted octanol–water partition coefficient (Wildman–Crippen LogP) is 1.23. The first kappa shape index (κ1) is 16.0. The average molecular weight is 323 g/mol. The highest BCUT2D eigenvalue weighted by atomic mass is 32.2. The third kappa shape index (κ3) is 3.08. The second-order valence-electron chi connectivity index (χ2n) is 4.61. The molecule has 0 amide bonds. The molecule has 3 unspecified atom stereocenters. The van der Waals surface area contributed by atoms with Crippen LogP contribution in [-0.4, -0.2) is 39.8 Å². The van der Waals surface area contributed by atoms with Crippen molar-refractivity contribution < 1.29 is 19.6 Å². The van der Waals surface area contributed by atoms with E-state index in [4.69, 9.17) is 0 Å². The van der Waals surface area contributed by atoms with Crippen LogP contribution in [0.25, 0.3) is 0 Å². The van der Waals surface area contributed by atoms with Crippen LogP contribution >= 0.6 is 11.8 Å². The number of carbonyl (C=O) groups is 2. The molecule has 0 bridgehead atoms. The van der Waals surface area contributed by atoms with Gasteiger partial charge in [0.15, 0.2) is 5.17 Å². The lowest BCUT2D eigenvalue weighted by atomic mass is 9.86. The van der Waals surface area contributed by atoms with Crippen molar-refractivity contribution in [2.45, 2.75) is 12.1 Å². The largest absolute Gasteiger partial charge is 0.481 e. The van der Waals surface area contributed by atoms with Gasteiger partial charge in [0.25, 0.3) is 5.69 Å². The number of nitro benzene ring substituents is 1. The number of rotatable bonds is 4. The Balaban J connectivity index is 2.52. The first-order chi connectivity index (χ1) is 10.5. The molecule has 2 rings (SSSR count). The van der Waals surface area contributed by atoms with Crippen LogP contribution in [0.5, 0.6) is 0 Å². The summed E-state index contributed by atoms with van der Waals surface area (Å²) in [5, 5.41) is 23.4. The lowest BCUT2D eigenvalue weighted by Gasteiger charge is -2.32. The topological polar surface area (TPSA) is 122 Å². The minimum absolute atomic E-state index is 0.149. The molecule has 2 N–H and O–H groups in total. The minimum atomic E-state index is -1.19. The van der Waals surface area contributed by atoms with Gasteiger partial charge in [0.05, 0.1) is 17.0 Å². The predicted molar refractivity (Wildman–Crippen MR) is 80.9 cm³/mol. The molecule has 0 saturated carbocycles. The number of non-ortho nitro benzene ring substituents is 1. The summed E-state index contributed by atoms with van der Waals surface area (Å²) in [4.78, 5) is 37.3. The van der Waals surface area contributed by atoms with Gasteiger partial charge in [-0.05, 0) is 11.8 Å².